The summed E-state index contributed by atoms with van der Waals surface area (Å²) in [5, 5.41) is 3.51. The van der Waals surface area contributed by atoms with Crippen LogP contribution in [0.3, 0.4) is 0 Å². The number of hydrogen-bond donors (Lipinski definition) is 1. The van der Waals surface area contributed by atoms with Gasteiger partial charge in [0.1, 0.15) is 11.9 Å². The monoisotopic (exact) mass is 383 g/mol. The zero-order valence-corrected chi connectivity index (χ0v) is 16.0. The third-order valence-corrected chi connectivity index (χ3v) is 5.46. The first kappa shape index (κ1) is 17.8. The van der Waals surface area contributed by atoms with Gasteiger partial charge >= 0.3 is 6.03 Å². The van der Waals surface area contributed by atoms with Crippen molar-refractivity contribution in [3.63, 3.8) is 0 Å². The molecule has 27 heavy (non-hydrogen) atoms. The maximum atomic E-state index is 12.8. The summed E-state index contributed by atoms with van der Waals surface area (Å²) in [5.74, 6) is 0.775. The van der Waals surface area contributed by atoms with Crippen molar-refractivity contribution in [2.24, 2.45) is 0 Å². The van der Waals surface area contributed by atoms with Gasteiger partial charge in [-0.25, -0.2) is 9.78 Å². The molecule has 0 saturated carbocycles. The van der Waals surface area contributed by atoms with Crippen molar-refractivity contribution in [1.29, 1.82) is 0 Å². The Morgan fingerprint density at radius 3 is 2.85 bits per heavy atom. The number of carbonyl (C=O) groups is 1. The van der Waals surface area contributed by atoms with Crippen LogP contribution in [0.15, 0.2) is 48.5 Å². The Kier molecular flexibility index (Phi) is 4.96. The molecule has 140 valence electrons. The van der Waals surface area contributed by atoms with Gasteiger partial charge in [0.2, 0.25) is 0 Å². The molecule has 1 N–H and O–H groups in total. The lowest BCUT2D eigenvalue weighted by Crippen LogP contribution is -2.47. The number of methoxy groups -OCH3 is 1. The largest absolute Gasteiger partial charge is 0.497 e. The van der Waals surface area contributed by atoms with Crippen LogP contribution in [0.2, 0.25) is 0 Å². The van der Waals surface area contributed by atoms with Gasteiger partial charge in [-0.1, -0.05) is 41.7 Å². The first-order valence-corrected chi connectivity index (χ1v) is 9.65. The average Bonchev–Trinajstić information content (AvgIpc) is 3.09. The Balaban J connectivity index is 1.48. The number of rotatable bonds is 3. The van der Waals surface area contributed by atoms with Gasteiger partial charge in [-0.3, -0.25) is 5.32 Å². The second kappa shape index (κ2) is 7.54. The molecule has 2 amide bonds. The average molecular weight is 383 g/mol. The van der Waals surface area contributed by atoms with E-state index in [-0.39, 0.29) is 18.2 Å². The van der Waals surface area contributed by atoms with Crippen molar-refractivity contribution in [2.45, 2.75) is 19.1 Å². The lowest BCUT2D eigenvalue weighted by atomic mass is 10.1. The summed E-state index contributed by atoms with van der Waals surface area (Å²) in [5.41, 5.74) is 1.92. The quantitative estimate of drug-likeness (QED) is 0.732. The fourth-order valence-corrected chi connectivity index (χ4v) is 4.11. The molecule has 4 rings (SSSR count). The molecule has 2 atom stereocenters. The molecule has 0 bridgehead atoms. The normalized spacial score (nSPS) is 19.9. The number of fused-ring (bicyclic) bond motifs is 1. The molecule has 0 spiro atoms. The Bertz CT molecular complexity index is 944. The maximum absolute atomic E-state index is 12.8. The summed E-state index contributed by atoms with van der Waals surface area (Å²) in [6.45, 7) is 3.05. The highest BCUT2D eigenvalue weighted by atomic mass is 32.1. The molecule has 1 aromatic heterocycles. The second-order valence-corrected chi connectivity index (χ2v) is 7.56. The molecule has 1 aliphatic rings. The highest BCUT2D eigenvalue weighted by Gasteiger charge is 2.29. The van der Waals surface area contributed by atoms with E-state index in [1.807, 2.05) is 55.5 Å². The molecule has 1 aliphatic heterocycles. The van der Waals surface area contributed by atoms with Gasteiger partial charge in [-0.15, -0.1) is 0 Å². The maximum Gasteiger partial charge on any atom is 0.323 e. The van der Waals surface area contributed by atoms with Crippen molar-refractivity contribution in [3.05, 3.63) is 54.1 Å². The minimum atomic E-state index is -0.155. The van der Waals surface area contributed by atoms with Gasteiger partial charge in [-0.05, 0) is 30.7 Å². The molecule has 6 nitrogen and oxygen atoms in total. The van der Waals surface area contributed by atoms with Crippen molar-refractivity contribution >= 4 is 32.7 Å². The highest BCUT2D eigenvalue weighted by Crippen LogP contribution is 2.30. The number of carbonyl (C=O) groups excluding carboxylic acids is 1. The van der Waals surface area contributed by atoms with Crippen LogP contribution < -0.4 is 10.1 Å². The van der Waals surface area contributed by atoms with E-state index in [9.17, 15) is 4.79 Å². The fraction of sp³-hybridized carbons (Fsp3) is 0.300. The van der Waals surface area contributed by atoms with Crippen LogP contribution in [-0.4, -0.2) is 42.2 Å². The smallest absolute Gasteiger partial charge is 0.323 e. The summed E-state index contributed by atoms with van der Waals surface area (Å²) < 4.78 is 12.2. The van der Waals surface area contributed by atoms with Crippen LogP contribution in [-0.2, 0) is 4.74 Å². The number of urea groups is 1. The zero-order chi connectivity index (χ0) is 18.8. The number of benzene rings is 2. The molecule has 0 aliphatic carbocycles. The molecule has 1 saturated heterocycles. The highest BCUT2D eigenvalue weighted by molar-refractivity contribution is 7.22. The molecule has 7 heteroatoms. The van der Waals surface area contributed by atoms with E-state index >= 15 is 0 Å². The van der Waals surface area contributed by atoms with Gasteiger partial charge < -0.3 is 14.4 Å². The van der Waals surface area contributed by atoms with E-state index in [1.54, 1.807) is 12.0 Å². The Morgan fingerprint density at radius 1 is 1.26 bits per heavy atom. The van der Waals surface area contributed by atoms with E-state index in [0.29, 0.717) is 18.2 Å². The van der Waals surface area contributed by atoms with Gasteiger partial charge in [0.05, 0.1) is 30.0 Å². The number of nitrogens with one attached hydrogen (secondary N) is 1. The van der Waals surface area contributed by atoms with Crippen molar-refractivity contribution in [2.75, 3.05) is 25.5 Å². The van der Waals surface area contributed by atoms with E-state index < -0.39 is 0 Å². The first-order chi connectivity index (χ1) is 13.1. The summed E-state index contributed by atoms with van der Waals surface area (Å²) in [6, 6.07) is 15.5. The lowest BCUT2D eigenvalue weighted by Gasteiger charge is -2.36. The van der Waals surface area contributed by atoms with Crippen LogP contribution in [0.5, 0.6) is 5.75 Å². The predicted octanol–water partition coefficient (Wildman–Crippen LogP) is 4.30. The number of morpholine rings is 1. The molecule has 1 fully saturated rings. The molecular formula is C20H21N3O3S. The van der Waals surface area contributed by atoms with Crippen LogP contribution in [0.25, 0.3) is 10.2 Å². The lowest BCUT2D eigenvalue weighted by molar-refractivity contribution is -0.0642. The SMILES string of the molecule is COc1ccc2nc(NC(=O)N3C[C@H](C)O[C@@H](c4ccccc4)C3)sc2c1. The van der Waals surface area contributed by atoms with E-state index in [0.717, 1.165) is 21.5 Å². The third kappa shape index (κ3) is 3.89. The Morgan fingerprint density at radius 2 is 2.07 bits per heavy atom. The van der Waals surface area contributed by atoms with Crippen molar-refractivity contribution in [1.82, 2.24) is 9.88 Å². The molecule has 0 unspecified atom stereocenters. The topological polar surface area (TPSA) is 63.7 Å². The van der Waals surface area contributed by atoms with E-state index in [4.69, 9.17) is 9.47 Å². The molecule has 0 radical (unpaired) electrons. The number of ether oxygens (including phenoxy) is 2. The van der Waals surface area contributed by atoms with Crippen LogP contribution in [0.4, 0.5) is 9.93 Å². The molecule has 2 aromatic carbocycles. The molecule has 3 aromatic rings. The fourth-order valence-electron chi connectivity index (χ4n) is 3.22. The summed E-state index contributed by atoms with van der Waals surface area (Å²) in [6.07, 6.45) is -0.158. The van der Waals surface area contributed by atoms with Gasteiger partial charge in [0.25, 0.3) is 0 Å². The number of thiazole rings is 1. The van der Waals surface area contributed by atoms with Crippen LogP contribution in [0.1, 0.15) is 18.6 Å². The van der Waals surface area contributed by atoms with E-state index in [1.165, 1.54) is 11.3 Å². The third-order valence-electron chi connectivity index (χ3n) is 4.53. The zero-order valence-electron chi connectivity index (χ0n) is 15.2. The second-order valence-electron chi connectivity index (χ2n) is 6.53. The predicted molar refractivity (Wildman–Crippen MR) is 106 cm³/mol. The Hall–Kier alpha value is -2.64. The number of aromatic nitrogens is 1. The van der Waals surface area contributed by atoms with Crippen LogP contribution in [0, 0.1) is 0 Å². The van der Waals surface area contributed by atoms with Gasteiger partial charge in [0, 0.05) is 6.54 Å². The van der Waals surface area contributed by atoms with Crippen molar-refractivity contribution < 1.29 is 14.3 Å². The number of anilines is 1. The van der Waals surface area contributed by atoms with Gasteiger partial charge in [0.15, 0.2) is 5.13 Å². The minimum Gasteiger partial charge on any atom is -0.497 e. The number of hydrogen-bond acceptors (Lipinski definition) is 5. The first-order valence-electron chi connectivity index (χ1n) is 8.83. The molecule has 2 heterocycles. The number of amides is 2. The minimum absolute atomic E-state index is 0.0330. The summed E-state index contributed by atoms with van der Waals surface area (Å²) in [4.78, 5) is 19.1. The standard InChI is InChI=1S/C20H21N3O3S/c1-13-11-23(12-17(26-13)14-6-4-3-5-7-14)20(24)22-19-21-16-9-8-15(25-2)10-18(16)27-19/h3-10,13,17H,11-12H2,1-2H3,(H,21,22,24)/t13-,17+/m0/s1. The Labute approximate surface area is 161 Å². The van der Waals surface area contributed by atoms with Crippen LogP contribution >= 0.6 is 11.3 Å². The summed E-state index contributed by atoms with van der Waals surface area (Å²) in [7, 11) is 1.63. The summed E-state index contributed by atoms with van der Waals surface area (Å²) >= 11 is 1.44. The number of nitrogens with zero attached hydrogens (tertiary/aromatic N) is 2. The van der Waals surface area contributed by atoms with E-state index in [2.05, 4.69) is 10.3 Å². The molecular weight excluding hydrogens is 362 g/mol. The van der Waals surface area contributed by atoms with Crippen molar-refractivity contribution in [3.8, 4) is 5.75 Å². The van der Waals surface area contributed by atoms with Gasteiger partial charge in [-0.2, -0.15) is 0 Å².